The second-order valence-corrected chi connectivity index (χ2v) is 8.50. The number of aromatic nitrogens is 2. The molecule has 3 heterocycles. The van der Waals surface area contributed by atoms with Gasteiger partial charge in [-0.2, -0.15) is 0 Å². The Kier molecular flexibility index (Phi) is 3.03. The zero-order valence-corrected chi connectivity index (χ0v) is 16.6. The third kappa shape index (κ3) is 1.93. The van der Waals surface area contributed by atoms with Crippen LogP contribution in [0.1, 0.15) is 17.0 Å². The molecule has 3 aromatic carbocycles. The quantitative estimate of drug-likeness (QED) is 0.202. The summed E-state index contributed by atoms with van der Waals surface area (Å²) in [5, 5.41) is 8.19. The van der Waals surface area contributed by atoms with Crippen molar-refractivity contribution in [2.45, 2.75) is 20.8 Å². The standard InChI is InChI=1S/C24H17FN2S/c1-12-5-4-6-15-7-19-17(8-16(12)15)18-10-23-20(21(25)11-28-23)9-22(18)27-14(3)13(2)26-24(19)27/h4-11H,1-3H3. The second kappa shape index (κ2) is 5.30. The fraction of sp³-hybridized carbons (Fsp3) is 0.125. The predicted octanol–water partition coefficient (Wildman–Crippen LogP) is 7.07. The van der Waals surface area contributed by atoms with E-state index in [9.17, 15) is 4.39 Å². The molecule has 28 heavy (non-hydrogen) atoms. The van der Waals surface area contributed by atoms with E-state index in [2.05, 4.69) is 54.6 Å². The van der Waals surface area contributed by atoms with E-state index in [0.29, 0.717) is 5.39 Å². The molecule has 0 bridgehead atoms. The Balaban J connectivity index is 1.98. The smallest absolute Gasteiger partial charge is 0.145 e. The molecule has 0 aliphatic rings. The van der Waals surface area contributed by atoms with Gasteiger partial charge in [0.15, 0.2) is 0 Å². The lowest BCUT2D eigenvalue weighted by Crippen LogP contribution is -1.94. The van der Waals surface area contributed by atoms with E-state index in [-0.39, 0.29) is 5.82 Å². The van der Waals surface area contributed by atoms with Gasteiger partial charge >= 0.3 is 0 Å². The molecule has 0 aliphatic carbocycles. The van der Waals surface area contributed by atoms with Crippen molar-refractivity contribution in [3.8, 4) is 0 Å². The summed E-state index contributed by atoms with van der Waals surface area (Å²) in [4.78, 5) is 4.88. The zero-order valence-electron chi connectivity index (χ0n) is 15.8. The first-order valence-electron chi connectivity index (χ1n) is 9.34. The number of hydrogen-bond acceptors (Lipinski definition) is 2. The van der Waals surface area contributed by atoms with Gasteiger partial charge in [-0.25, -0.2) is 9.37 Å². The van der Waals surface area contributed by atoms with Crippen LogP contribution in [-0.2, 0) is 0 Å². The summed E-state index contributed by atoms with van der Waals surface area (Å²) in [6.45, 7) is 6.26. The van der Waals surface area contributed by atoms with Gasteiger partial charge in [-0.1, -0.05) is 18.2 Å². The van der Waals surface area contributed by atoms with Crippen LogP contribution in [0.2, 0.25) is 0 Å². The SMILES string of the molecule is Cc1nc2c3cc4cccc(C)c4cc3c3cc4scc(F)c4cc3n2c1C. The lowest BCUT2D eigenvalue weighted by Gasteiger charge is -2.12. The molecule has 0 saturated carbocycles. The molecule has 3 aromatic heterocycles. The van der Waals surface area contributed by atoms with Crippen LogP contribution in [0.25, 0.3) is 48.2 Å². The Labute approximate surface area is 164 Å². The summed E-state index contributed by atoms with van der Waals surface area (Å²) in [6, 6.07) is 15.0. The molecule has 0 unspecified atom stereocenters. The molecule has 6 aromatic rings. The van der Waals surface area contributed by atoms with Gasteiger partial charge in [0.1, 0.15) is 11.5 Å². The molecule has 0 amide bonds. The summed E-state index contributed by atoms with van der Waals surface area (Å²) in [5.41, 5.74) is 5.31. The first kappa shape index (κ1) is 16.0. The van der Waals surface area contributed by atoms with E-state index in [1.165, 1.54) is 33.1 Å². The summed E-state index contributed by atoms with van der Waals surface area (Å²) in [6.07, 6.45) is 0. The topological polar surface area (TPSA) is 17.3 Å². The predicted molar refractivity (Wildman–Crippen MR) is 117 cm³/mol. The van der Waals surface area contributed by atoms with Gasteiger partial charge in [0, 0.05) is 31.9 Å². The molecule has 136 valence electrons. The third-order valence-electron chi connectivity index (χ3n) is 6.00. The maximum Gasteiger partial charge on any atom is 0.145 e. The molecule has 0 aliphatic heterocycles. The normalized spacial score (nSPS) is 12.3. The molecular weight excluding hydrogens is 367 g/mol. The highest BCUT2D eigenvalue weighted by molar-refractivity contribution is 7.17. The fourth-order valence-corrected chi connectivity index (χ4v) is 5.23. The number of halogens is 1. The van der Waals surface area contributed by atoms with E-state index in [0.717, 1.165) is 38.0 Å². The fourth-order valence-electron chi connectivity index (χ4n) is 4.41. The maximum absolute atomic E-state index is 14.3. The molecule has 2 nitrogen and oxygen atoms in total. The minimum atomic E-state index is -0.154. The van der Waals surface area contributed by atoms with Crippen LogP contribution in [0, 0.1) is 26.6 Å². The third-order valence-corrected chi connectivity index (χ3v) is 6.91. The van der Waals surface area contributed by atoms with Crippen molar-refractivity contribution in [2.75, 3.05) is 0 Å². The highest BCUT2D eigenvalue weighted by atomic mass is 32.1. The first-order valence-corrected chi connectivity index (χ1v) is 10.2. The minimum Gasteiger partial charge on any atom is -0.296 e. The number of imidazole rings is 1. The van der Waals surface area contributed by atoms with Gasteiger partial charge in [0.05, 0.1) is 11.2 Å². The van der Waals surface area contributed by atoms with Crippen molar-refractivity contribution in [2.24, 2.45) is 0 Å². The van der Waals surface area contributed by atoms with Crippen LogP contribution < -0.4 is 0 Å². The molecule has 0 saturated heterocycles. The van der Waals surface area contributed by atoms with Crippen molar-refractivity contribution in [1.82, 2.24) is 9.38 Å². The number of benzene rings is 3. The van der Waals surface area contributed by atoms with E-state index in [1.807, 2.05) is 13.0 Å². The number of hydrogen-bond donors (Lipinski definition) is 0. The highest BCUT2D eigenvalue weighted by Crippen LogP contribution is 2.38. The van der Waals surface area contributed by atoms with Crippen LogP contribution in [0.4, 0.5) is 4.39 Å². The number of pyridine rings is 1. The van der Waals surface area contributed by atoms with E-state index in [1.54, 1.807) is 5.38 Å². The largest absolute Gasteiger partial charge is 0.296 e. The average Bonchev–Trinajstić information content (AvgIpc) is 3.20. The summed E-state index contributed by atoms with van der Waals surface area (Å²) >= 11 is 1.46. The van der Waals surface area contributed by atoms with Crippen LogP contribution in [0.15, 0.2) is 47.8 Å². The molecule has 0 spiro atoms. The Morgan fingerprint density at radius 1 is 0.893 bits per heavy atom. The average molecular weight is 384 g/mol. The molecular formula is C24H17FN2S. The molecule has 0 fully saturated rings. The van der Waals surface area contributed by atoms with Crippen LogP contribution >= 0.6 is 11.3 Å². The van der Waals surface area contributed by atoms with Crippen molar-refractivity contribution >= 4 is 59.5 Å². The molecule has 0 radical (unpaired) electrons. The van der Waals surface area contributed by atoms with Crippen molar-refractivity contribution in [1.29, 1.82) is 0 Å². The van der Waals surface area contributed by atoms with Gasteiger partial charge in [-0.05, 0) is 66.8 Å². The Bertz CT molecular complexity index is 1600. The molecule has 6 rings (SSSR count). The lowest BCUT2D eigenvalue weighted by molar-refractivity contribution is 0.644. The summed E-state index contributed by atoms with van der Waals surface area (Å²) < 4.78 is 17.5. The van der Waals surface area contributed by atoms with Crippen molar-refractivity contribution < 1.29 is 4.39 Å². The van der Waals surface area contributed by atoms with E-state index in [4.69, 9.17) is 4.98 Å². The molecule has 0 atom stereocenters. The van der Waals surface area contributed by atoms with Gasteiger partial charge in [-0.15, -0.1) is 11.3 Å². The van der Waals surface area contributed by atoms with Crippen LogP contribution in [0.5, 0.6) is 0 Å². The Morgan fingerprint density at radius 3 is 2.61 bits per heavy atom. The molecule has 0 N–H and O–H groups in total. The molecule has 4 heteroatoms. The number of rotatable bonds is 0. The summed E-state index contributed by atoms with van der Waals surface area (Å²) in [7, 11) is 0. The highest BCUT2D eigenvalue weighted by Gasteiger charge is 2.17. The Morgan fingerprint density at radius 2 is 1.75 bits per heavy atom. The number of thiophene rings is 1. The second-order valence-electron chi connectivity index (χ2n) is 7.58. The van der Waals surface area contributed by atoms with Gasteiger partial charge in [0.2, 0.25) is 0 Å². The lowest BCUT2D eigenvalue weighted by atomic mass is 9.98. The number of aryl methyl sites for hydroxylation is 3. The summed E-state index contributed by atoms with van der Waals surface area (Å²) in [5.74, 6) is -0.154. The Hall–Kier alpha value is -2.98. The van der Waals surface area contributed by atoms with E-state index < -0.39 is 0 Å². The minimum absolute atomic E-state index is 0.154. The maximum atomic E-state index is 14.3. The van der Waals surface area contributed by atoms with Crippen LogP contribution in [-0.4, -0.2) is 9.38 Å². The van der Waals surface area contributed by atoms with Gasteiger partial charge < -0.3 is 0 Å². The van der Waals surface area contributed by atoms with Gasteiger partial charge in [-0.3, -0.25) is 4.40 Å². The monoisotopic (exact) mass is 384 g/mol. The zero-order chi connectivity index (χ0) is 19.2. The number of fused-ring (bicyclic) bond motifs is 8. The van der Waals surface area contributed by atoms with Gasteiger partial charge in [0.25, 0.3) is 0 Å². The van der Waals surface area contributed by atoms with Crippen molar-refractivity contribution in [3.05, 3.63) is 70.6 Å². The van der Waals surface area contributed by atoms with E-state index >= 15 is 0 Å². The first-order chi connectivity index (χ1) is 13.5. The van der Waals surface area contributed by atoms with Crippen molar-refractivity contribution in [3.63, 3.8) is 0 Å². The number of nitrogens with zero attached hydrogens (tertiary/aromatic N) is 2. The van der Waals surface area contributed by atoms with Crippen LogP contribution in [0.3, 0.4) is 0 Å².